The van der Waals surface area contributed by atoms with Crippen LogP contribution < -0.4 is 10.5 Å². The molecule has 114 valence electrons. The fourth-order valence-electron chi connectivity index (χ4n) is 1.80. The summed E-state index contributed by atoms with van der Waals surface area (Å²) in [4.78, 5) is 0.322. The van der Waals surface area contributed by atoms with Crippen molar-refractivity contribution < 1.29 is 8.42 Å². The molecule has 1 atom stereocenters. The Kier molecular flexibility index (Phi) is 7.58. The minimum atomic E-state index is -3.42. The number of nitrogens with one attached hydrogen (secondary N) is 1. The van der Waals surface area contributed by atoms with Crippen molar-refractivity contribution in [2.45, 2.75) is 37.6 Å². The van der Waals surface area contributed by atoms with E-state index in [1.165, 1.54) is 0 Å². The zero-order chi connectivity index (χ0) is 15.0. The number of hydrogen-bond donors (Lipinski definition) is 2. The Balaban J connectivity index is 2.67. The van der Waals surface area contributed by atoms with E-state index in [-0.39, 0.29) is 6.04 Å². The lowest BCUT2D eigenvalue weighted by molar-refractivity contribution is 0.571. The molecule has 0 aliphatic carbocycles. The maximum Gasteiger partial charge on any atom is 0.240 e. The van der Waals surface area contributed by atoms with E-state index in [0.29, 0.717) is 11.4 Å². The molecule has 6 heteroatoms. The Labute approximate surface area is 126 Å². The molecule has 0 amide bonds. The van der Waals surface area contributed by atoms with Crippen LogP contribution in [0, 0.1) is 0 Å². The van der Waals surface area contributed by atoms with Gasteiger partial charge in [-0.05, 0) is 49.8 Å². The van der Waals surface area contributed by atoms with E-state index in [9.17, 15) is 8.42 Å². The van der Waals surface area contributed by atoms with Gasteiger partial charge >= 0.3 is 0 Å². The van der Waals surface area contributed by atoms with Gasteiger partial charge in [-0.25, -0.2) is 13.1 Å². The minimum Gasteiger partial charge on any atom is -0.330 e. The van der Waals surface area contributed by atoms with E-state index in [1.807, 2.05) is 19.1 Å². The highest BCUT2D eigenvalue weighted by molar-refractivity contribution is 7.99. The van der Waals surface area contributed by atoms with Gasteiger partial charge in [-0.1, -0.05) is 19.1 Å². The van der Waals surface area contributed by atoms with Gasteiger partial charge < -0.3 is 5.73 Å². The molecule has 0 saturated heterocycles. The highest BCUT2D eigenvalue weighted by Crippen LogP contribution is 2.13. The lowest BCUT2D eigenvalue weighted by Crippen LogP contribution is -2.34. The van der Waals surface area contributed by atoms with E-state index in [1.54, 1.807) is 23.9 Å². The van der Waals surface area contributed by atoms with Crippen LogP contribution in [0.25, 0.3) is 0 Å². The molecule has 0 aliphatic rings. The first kappa shape index (κ1) is 17.5. The second-order valence-corrected chi connectivity index (χ2v) is 7.75. The van der Waals surface area contributed by atoms with Gasteiger partial charge in [0.1, 0.15) is 0 Å². The summed E-state index contributed by atoms with van der Waals surface area (Å²) in [5.74, 6) is 1.77. The number of rotatable bonds is 9. The van der Waals surface area contributed by atoms with E-state index in [2.05, 4.69) is 11.6 Å². The summed E-state index contributed by atoms with van der Waals surface area (Å²) in [6.45, 7) is 4.59. The maximum atomic E-state index is 12.2. The molecule has 0 bridgehead atoms. The van der Waals surface area contributed by atoms with E-state index in [4.69, 9.17) is 5.73 Å². The van der Waals surface area contributed by atoms with E-state index < -0.39 is 10.0 Å². The standard InChI is InChI=1S/C14H24N2O2S2/c1-3-19-11-12(2)16-20(17,18)14-8-6-13(7-9-14)5-4-10-15/h6-9,12,16H,3-5,10-11,15H2,1-2H3. The van der Waals surface area contributed by atoms with Gasteiger partial charge in [-0.3, -0.25) is 0 Å². The van der Waals surface area contributed by atoms with Crippen LogP contribution in [0.4, 0.5) is 0 Å². The Morgan fingerprint density at radius 3 is 2.50 bits per heavy atom. The molecule has 1 unspecified atom stereocenters. The third kappa shape index (κ3) is 5.83. The third-order valence-electron chi connectivity index (χ3n) is 2.83. The van der Waals surface area contributed by atoms with Crippen LogP contribution in [0.5, 0.6) is 0 Å². The Bertz CT molecular complexity index is 486. The number of benzene rings is 1. The fourth-order valence-corrected chi connectivity index (χ4v) is 3.82. The van der Waals surface area contributed by atoms with Gasteiger partial charge in [0.05, 0.1) is 4.90 Å². The first-order valence-corrected chi connectivity index (χ1v) is 9.52. The van der Waals surface area contributed by atoms with Crippen LogP contribution in [-0.4, -0.2) is 32.5 Å². The summed E-state index contributed by atoms with van der Waals surface area (Å²) in [6, 6.07) is 6.97. The van der Waals surface area contributed by atoms with Crippen molar-refractivity contribution in [3.63, 3.8) is 0 Å². The Hall–Kier alpha value is -0.560. The molecule has 0 saturated carbocycles. The normalized spacial score (nSPS) is 13.3. The lowest BCUT2D eigenvalue weighted by atomic mass is 10.1. The molecular weight excluding hydrogens is 292 g/mol. The van der Waals surface area contributed by atoms with Crippen LogP contribution in [0.1, 0.15) is 25.8 Å². The number of thioether (sulfide) groups is 1. The largest absolute Gasteiger partial charge is 0.330 e. The second kappa shape index (κ2) is 8.67. The van der Waals surface area contributed by atoms with Crippen LogP contribution in [0.2, 0.25) is 0 Å². The molecule has 0 spiro atoms. The van der Waals surface area contributed by atoms with E-state index in [0.717, 1.165) is 29.9 Å². The van der Waals surface area contributed by atoms with Crippen LogP contribution >= 0.6 is 11.8 Å². The van der Waals surface area contributed by atoms with Crippen molar-refractivity contribution in [1.82, 2.24) is 4.72 Å². The monoisotopic (exact) mass is 316 g/mol. The summed E-state index contributed by atoms with van der Waals surface area (Å²) in [6.07, 6.45) is 1.80. The molecule has 1 rings (SSSR count). The number of sulfonamides is 1. The highest BCUT2D eigenvalue weighted by atomic mass is 32.2. The Morgan fingerprint density at radius 2 is 1.95 bits per heavy atom. The van der Waals surface area contributed by atoms with Gasteiger partial charge in [0.15, 0.2) is 0 Å². The lowest BCUT2D eigenvalue weighted by Gasteiger charge is -2.13. The van der Waals surface area contributed by atoms with Crippen LogP contribution in [0.15, 0.2) is 29.2 Å². The smallest absolute Gasteiger partial charge is 0.240 e. The molecular formula is C14H24N2O2S2. The van der Waals surface area contributed by atoms with Crippen molar-refractivity contribution >= 4 is 21.8 Å². The predicted octanol–water partition coefficient (Wildman–Crippen LogP) is 2.00. The molecule has 0 aliphatic heterocycles. The molecule has 1 aromatic carbocycles. The average Bonchev–Trinajstić information content (AvgIpc) is 2.43. The minimum absolute atomic E-state index is 0.0677. The maximum absolute atomic E-state index is 12.2. The number of nitrogens with two attached hydrogens (primary N) is 1. The highest BCUT2D eigenvalue weighted by Gasteiger charge is 2.16. The van der Waals surface area contributed by atoms with Crippen LogP contribution in [-0.2, 0) is 16.4 Å². The molecule has 0 aromatic heterocycles. The molecule has 1 aromatic rings. The van der Waals surface area contributed by atoms with Crippen molar-refractivity contribution in [3.05, 3.63) is 29.8 Å². The van der Waals surface area contributed by atoms with Crippen molar-refractivity contribution in [3.8, 4) is 0 Å². The number of aryl methyl sites for hydroxylation is 1. The first-order valence-electron chi connectivity index (χ1n) is 6.88. The summed E-state index contributed by atoms with van der Waals surface area (Å²) in [5, 5.41) is 0. The fraction of sp³-hybridized carbons (Fsp3) is 0.571. The predicted molar refractivity (Wildman–Crippen MR) is 86.6 cm³/mol. The summed E-state index contributed by atoms with van der Waals surface area (Å²) < 4.78 is 27.1. The zero-order valence-electron chi connectivity index (χ0n) is 12.1. The summed E-state index contributed by atoms with van der Waals surface area (Å²) >= 11 is 1.72. The van der Waals surface area contributed by atoms with Gasteiger partial charge in [0.25, 0.3) is 0 Å². The summed E-state index contributed by atoms with van der Waals surface area (Å²) in [7, 11) is -3.42. The second-order valence-electron chi connectivity index (χ2n) is 4.72. The Morgan fingerprint density at radius 1 is 1.30 bits per heavy atom. The first-order chi connectivity index (χ1) is 9.49. The van der Waals surface area contributed by atoms with E-state index >= 15 is 0 Å². The van der Waals surface area contributed by atoms with Crippen LogP contribution in [0.3, 0.4) is 0 Å². The third-order valence-corrected chi connectivity index (χ3v) is 5.58. The van der Waals surface area contributed by atoms with Gasteiger partial charge in [0.2, 0.25) is 10.0 Å². The van der Waals surface area contributed by atoms with Gasteiger partial charge in [-0.2, -0.15) is 11.8 Å². The molecule has 20 heavy (non-hydrogen) atoms. The molecule has 0 fully saturated rings. The van der Waals surface area contributed by atoms with Gasteiger partial charge in [0, 0.05) is 11.8 Å². The van der Waals surface area contributed by atoms with Crippen molar-refractivity contribution in [2.24, 2.45) is 5.73 Å². The molecule has 0 radical (unpaired) electrons. The molecule has 0 heterocycles. The van der Waals surface area contributed by atoms with Gasteiger partial charge in [-0.15, -0.1) is 0 Å². The quantitative estimate of drug-likeness (QED) is 0.731. The topological polar surface area (TPSA) is 72.2 Å². The van der Waals surface area contributed by atoms with Crippen molar-refractivity contribution in [2.75, 3.05) is 18.1 Å². The molecule has 4 nitrogen and oxygen atoms in total. The molecule has 3 N–H and O–H groups in total. The average molecular weight is 316 g/mol. The zero-order valence-corrected chi connectivity index (χ0v) is 13.8. The number of hydrogen-bond acceptors (Lipinski definition) is 4. The van der Waals surface area contributed by atoms with Crippen molar-refractivity contribution in [1.29, 1.82) is 0 Å². The summed E-state index contributed by atoms with van der Waals surface area (Å²) in [5.41, 5.74) is 6.58. The SMILES string of the molecule is CCSCC(C)NS(=O)(=O)c1ccc(CCCN)cc1.